The van der Waals surface area contributed by atoms with Gasteiger partial charge in [0.05, 0.1) is 33.7 Å². The summed E-state index contributed by atoms with van der Waals surface area (Å²) in [5, 5.41) is 15.5. The molecule has 146 valence electrons. The smallest absolute Gasteiger partial charge is 0.271 e. The number of non-ortho nitro benzene ring substituents is 1. The van der Waals surface area contributed by atoms with Gasteiger partial charge in [-0.3, -0.25) is 24.6 Å². The van der Waals surface area contributed by atoms with Crippen LogP contribution in [0.25, 0.3) is 10.2 Å². The number of H-pyrrole nitrogens is 1. The van der Waals surface area contributed by atoms with E-state index < -0.39 is 16.9 Å². The van der Waals surface area contributed by atoms with Crippen LogP contribution >= 0.6 is 22.9 Å². The zero-order chi connectivity index (χ0) is 20.4. The zero-order valence-corrected chi connectivity index (χ0v) is 16.5. The lowest BCUT2D eigenvalue weighted by molar-refractivity contribution is -0.384. The summed E-state index contributed by atoms with van der Waals surface area (Å²) < 4.78 is 0.553. The number of nitrogens with zero attached hydrogens (tertiary/aromatic N) is 3. The summed E-state index contributed by atoms with van der Waals surface area (Å²) >= 11 is 7.34. The first-order valence-electron chi connectivity index (χ1n) is 8.17. The van der Waals surface area contributed by atoms with Gasteiger partial charge in [-0.15, -0.1) is 11.3 Å². The molecule has 1 unspecified atom stereocenters. The van der Waals surface area contributed by atoms with Gasteiger partial charge >= 0.3 is 0 Å². The number of nitro benzene ring substituents is 1. The van der Waals surface area contributed by atoms with Crippen molar-refractivity contribution in [3.63, 3.8) is 0 Å². The zero-order valence-electron chi connectivity index (χ0n) is 14.9. The number of halogens is 1. The number of aromatic nitrogens is 2. The molecule has 3 aromatic rings. The van der Waals surface area contributed by atoms with E-state index in [2.05, 4.69) is 15.3 Å². The van der Waals surface area contributed by atoms with Crippen LogP contribution in [0.2, 0.25) is 5.02 Å². The van der Waals surface area contributed by atoms with Crippen molar-refractivity contribution in [1.82, 2.24) is 14.9 Å². The van der Waals surface area contributed by atoms with Crippen molar-refractivity contribution in [2.24, 2.45) is 0 Å². The number of nitrogens with one attached hydrogen (secondary N) is 2. The van der Waals surface area contributed by atoms with Crippen LogP contribution in [-0.2, 0) is 11.3 Å². The van der Waals surface area contributed by atoms with Gasteiger partial charge in [0, 0.05) is 12.1 Å². The van der Waals surface area contributed by atoms with Crippen molar-refractivity contribution in [1.29, 1.82) is 0 Å². The summed E-state index contributed by atoms with van der Waals surface area (Å²) in [7, 11) is 1.71. The predicted molar refractivity (Wildman–Crippen MR) is 108 cm³/mol. The molecule has 1 aromatic carbocycles. The third kappa shape index (κ3) is 4.19. The molecule has 0 aliphatic heterocycles. The Morgan fingerprint density at radius 2 is 2.21 bits per heavy atom. The first-order chi connectivity index (χ1) is 13.3. The lowest BCUT2D eigenvalue weighted by atomic mass is 10.2. The number of nitro groups is 1. The number of hydrogen-bond donors (Lipinski definition) is 2. The molecule has 28 heavy (non-hydrogen) atoms. The minimum Gasteiger partial charge on any atom is -0.323 e. The summed E-state index contributed by atoms with van der Waals surface area (Å²) in [5.41, 5.74) is 0.375. The second kappa shape index (κ2) is 8.05. The van der Waals surface area contributed by atoms with E-state index in [1.807, 2.05) is 0 Å². The molecular weight excluding hydrogens is 406 g/mol. The molecule has 2 aromatic heterocycles. The summed E-state index contributed by atoms with van der Waals surface area (Å²) in [5.74, 6) is 0.0373. The van der Waals surface area contributed by atoms with Gasteiger partial charge in [-0.2, -0.15) is 0 Å². The highest BCUT2D eigenvalue weighted by Crippen LogP contribution is 2.27. The van der Waals surface area contributed by atoms with Gasteiger partial charge < -0.3 is 10.3 Å². The van der Waals surface area contributed by atoms with Crippen molar-refractivity contribution >= 4 is 50.4 Å². The molecule has 0 bridgehead atoms. The van der Waals surface area contributed by atoms with Crippen molar-refractivity contribution in [2.45, 2.75) is 19.5 Å². The number of aromatic amines is 1. The molecule has 0 radical (unpaired) electrons. The average molecular weight is 422 g/mol. The number of thiophene rings is 1. The summed E-state index contributed by atoms with van der Waals surface area (Å²) in [6, 6.07) is 4.97. The van der Waals surface area contributed by atoms with E-state index in [4.69, 9.17) is 11.6 Å². The van der Waals surface area contributed by atoms with Gasteiger partial charge in [0.25, 0.3) is 11.2 Å². The van der Waals surface area contributed by atoms with Crippen molar-refractivity contribution in [2.75, 3.05) is 12.4 Å². The van der Waals surface area contributed by atoms with Crippen molar-refractivity contribution < 1.29 is 9.72 Å². The van der Waals surface area contributed by atoms with Gasteiger partial charge in [0.1, 0.15) is 10.5 Å². The van der Waals surface area contributed by atoms with E-state index >= 15 is 0 Å². The molecule has 0 saturated heterocycles. The summed E-state index contributed by atoms with van der Waals surface area (Å²) in [4.78, 5) is 43.7. The van der Waals surface area contributed by atoms with Gasteiger partial charge in [-0.25, -0.2) is 4.98 Å². The molecule has 1 atom stereocenters. The number of carbonyl (C=O) groups excluding carboxylic acids is 1. The molecule has 3 rings (SSSR count). The maximum atomic E-state index is 12.5. The monoisotopic (exact) mass is 421 g/mol. The van der Waals surface area contributed by atoms with Crippen LogP contribution in [0.5, 0.6) is 0 Å². The van der Waals surface area contributed by atoms with Crippen molar-refractivity contribution in [3.8, 4) is 0 Å². The number of likely N-dealkylation sites (N-methyl/N-ethyl adjacent to an activating group) is 1. The van der Waals surface area contributed by atoms with Crippen LogP contribution in [0.4, 0.5) is 11.4 Å². The highest BCUT2D eigenvalue weighted by molar-refractivity contribution is 7.17. The molecule has 11 heteroatoms. The number of rotatable bonds is 6. The molecule has 1 amide bonds. The number of hydrogen-bond acceptors (Lipinski definition) is 7. The maximum absolute atomic E-state index is 12.5. The number of carbonyl (C=O) groups is 1. The highest BCUT2D eigenvalue weighted by Gasteiger charge is 2.21. The molecule has 0 fully saturated rings. The van der Waals surface area contributed by atoms with Crippen LogP contribution in [0.1, 0.15) is 12.7 Å². The van der Waals surface area contributed by atoms with Gasteiger partial charge in [-0.1, -0.05) is 11.6 Å². The van der Waals surface area contributed by atoms with Crippen LogP contribution in [0.3, 0.4) is 0 Å². The summed E-state index contributed by atoms with van der Waals surface area (Å²) in [6.45, 7) is 1.90. The number of anilines is 1. The van der Waals surface area contributed by atoms with Gasteiger partial charge in [0.15, 0.2) is 0 Å². The Bertz CT molecular complexity index is 1110. The average Bonchev–Trinajstić information content (AvgIpc) is 3.11. The Kier molecular flexibility index (Phi) is 5.73. The van der Waals surface area contributed by atoms with Gasteiger partial charge in [-0.05, 0) is 31.5 Å². The highest BCUT2D eigenvalue weighted by atomic mass is 35.5. The quantitative estimate of drug-likeness (QED) is 0.466. The minimum absolute atomic E-state index is 0.160. The number of amides is 1. The second-order valence-corrected chi connectivity index (χ2v) is 7.47. The fourth-order valence-corrected chi connectivity index (χ4v) is 3.42. The molecule has 0 spiro atoms. The topological polar surface area (TPSA) is 121 Å². The molecule has 0 saturated carbocycles. The SMILES string of the molecule is CC(C(=O)Nc1cc([N+](=O)[O-])ccc1Cl)N(C)Cc1nc2ccsc2c(=O)[nH]1. The van der Waals surface area contributed by atoms with Crippen LogP contribution in [0.15, 0.2) is 34.4 Å². The first-order valence-corrected chi connectivity index (χ1v) is 9.43. The Hall–Kier alpha value is -2.82. The molecule has 2 heterocycles. The Labute approximate surface area is 168 Å². The molecule has 9 nitrogen and oxygen atoms in total. The predicted octanol–water partition coefficient (Wildman–Crippen LogP) is 3.01. The third-order valence-corrected chi connectivity index (χ3v) is 5.45. The van der Waals surface area contributed by atoms with Crippen LogP contribution in [0, 0.1) is 10.1 Å². The molecule has 0 aliphatic rings. The van der Waals surface area contributed by atoms with E-state index in [-0.39, 0.29) is 28.5 Å². The van der Waals surface area contributed by atoms with E-state index in [1.165, 1.54) is 29.5 Å². The van der Waals surface area contributed by atoms with Crippen LogP contribution in [-0.4, -0.2) is 38.8 Å². The summed E-state index contributed by atoms with van der Waals surface area (Å²) in [6.07, 6.45) is 0. The largest absolute Gasteiger partial charge is 0.323 e. The maximum Gasteiger partial charge on any atom is 0.271 e. The lowest BCUT2D eigenvalue weighted by Crippen LogP contribution is -2.39. The lowest BCUT2D eigenvalue weighted by Gasteiger charge is -2.23. The molecule has 0 aliphatic carbocycles. The van der Waals surface area contributed by atoms with E-state index in [1.54, 1.807) is 30.3 Å². The van der Waals surface area contributed by atoms with Crippen molar-refractivity contribution in [3.05, 3.63) is 61.0 Å². The van der Waals surface area contributed by atoms with Crippen LogP contribution < -0.4 is 10.9 Å². The standard InChI is InChI=1S/C17H16ClN5O4S/c1-9(16(24)20-13-7-10(23(26)27)3-4-11(13)18)22(2)8-14-19-12-5-6-28-15(12)17(25)21-14/h3-7,9H,8H2,1-2H3,(H,20,24)(H,19,21,25). The molecule has 2 N–H and O–H groups in total. The Morgan fingerprint density at radius 3 is 2.93 bits per heavy atom. The number of benzene rings is 1. The normalized spacial score (nSPS) is 12.3. The van der Waals surface area contributed by atoms with E-state index in [9.17, 15) is 19.7 Å². The van der Waals surface area contributed by atoms with Gasteiger partial charge in [0.2, 0.25) is 5.91 Å². The van der Waals surface area contributed by atoms with E-state index in [0.29, 0.717) is 16.0 Å². The Morgan fingerprint density at radius 1 is 1.46 bits per heavy atom. The second-order valence-electron chi connectivity index (χ2n) is 6.15. The Balaban J connectivity index is 1.72. The number of fused-ring (bicyclic) bond motifs is 1. The van der Waals surface area contributed by atoms with E-state index in [0.717, 1.165) is 0 Å². The third-order valence-electron chi connectivity index (χ3n) is 4.22. The fraction of sp³-hybridized carbons (Fsp3) is 0.235. The first kappa shape index (κ1) is 19.9. The fourth-order valence-electron chi connectivity index (χ4n) is 2.53. The minimum atomic E-state index is -0.612. The molecular formula is C17H16ClN5O4S.